The van der Waals surface area contributed by atoms with Crippen molar-refractivity contribution < 1.29 is 19.1 Å². The predicted molar refractivity (Wildman–Crippen MR) is 68.5 cm³/mol. The molecule has 0 saturated carbocycles. The normalized spacial score (nSPS) is 17.8. The quantitative estimate of drug-likeness (QED) is 0.535. The number of amides is 3. The Bertz CT molecular complexity index is 381. The minimum absolute atomic E-state index is 0.223. The standard InChI is InChI=1S/C12H21N3O4/c1-12(2)10(17)15(11(18)13-12)8-7-14(3)6-5-9(16)19-4/h5-8H2,1-4H3,(H,13,18). The Kier molecular flexibility index (Phi) is 4.88. The zero-order valence-electron chi connectivity index (χ0n) is 11.9. The van der Waals surface area contributed by atoms with E-state index in [0.29, 0.717) is 26.1 Å². The molecule has 1 heterocycles. The zero-order chi connectivity index (χ0) is 14.6. The van der Waals surface area contributed by atoms with E-state index in [1.807, 2.05) is 11.9 Å². The number of carbonyl (C=O) groups is 3. The number of likely N-dealkylation sites (N-methyl/N-ethyl adjacent to an activating group) is 1. The Morgan fingerprint density at radius 1 is 1.37 bits per heavy atom. The molecule has 7 heteroatoms. The highest BCUT2D eigenvalue weighted by molar-refractivity contribution is 6.06. The van der Waals surface area contributed by atoms with E-state index in [9.17, 15) is 14.4 Å². The minimum atomic E-state index is -0.832. The largest absolute Gasteiger partial charge is 0.469 e. The number of carbonyl (C=O) groups excluding carboxylic acids is 3. The van der Waals surface area contributed by atoms with Gasteiger partial charge >= 0.3 is 12.0 Å². The van der Waals surface area contributed by atoms with Crippen LogP contribution in [-0.2, 0) is 14.3 Å². The fourth-order valence-electron chi connectivity index (χ4n) is 1.79. The molecule has 19 heavy (non-hydrogen) atoms. The number of rotatable bonds is 6. The summed E-state index contributed by atoms with van der Waals surface area (Å²) in [6, 6.07) is -0.364. The van der Waals surface area contributed by atoms with E-state index in [1.54, 1.807) is 13.8 Å². The summed E-state index contributed by atoms with van der Waals surface area (Å²) in [7, 11) is 3.17. The number of nitrogens with zero attached hydrogens (tertiary/aromatic N) is 2. The molecule has 0 radical (unpaired) electrons. The van der Waals surface area contributed by atoms with Crippen molar-refractivity contribution in [1.29, 1.82) is 0 Å². The summed E-state index contributed by atoms with van der Waals surface area (Å²) in [5.74, 6) is -0.498. The molecule has 1 saturated heterocycles. The van der Waals surface area contributed by atoms with Crippen molar-refractivity contribution in [3.63, 3.8) is 0 Å². The van der Waals surface area contributed by atoms with Crippen molar-refractivity contribution in [3.05, 3.63) is 0 Å². The number of hydrogen-bond acceptors (Lipinski definition) is 5. The summed E-state index contributed by atoms with van der Waals surface area (Å²) in [6.45, 7) is 4.71. The van der Waals surface area contributed by atoms with E-state index >= 15 is 0 Å². The van der Waals surface area contributed by atoms with Crippen molar-refractivity contribution in [1.82, 2.24) is 15.1 Å². The number of ether oxygens (including phenoxy) is 1. The zero-order valence-corrected chi connectivity index (χ0v) is 11.9. The van der Waals surface area contributed by atoms with Crippen molar-refractivity contribution >= 4 is 17.9 Å². The van der Waals surface area contributed by atoms with Crippen LogP contribution in [0.15, 0.2) is 0 Å². The third-order valence-corrected chi connectivity index (χ3v) is 3.08. The molecule has 0 spiro atoms. The second-order valence-electron chi connectivity index (χ2n) is 5.14. The number of esters is 1. The Hall–Kier alpha value is -1.63. The van der Waals surface area contributed by atoms with Crippen molar-refractivity contribution in [3.8, 4) is 0 Å². The van der Waals surface area contributed by atoms with E-state index < -0.39 is 5.54 Å². The molecular weight excluding hydrogens is 250 g/mol. The highest BCUT2D eigenvalue weighted by atomic mass is 16.5. The third-order valence-electron chi connectivity index (χ3n) is 3.08. The van der Waals surface area contributed by atoms with Gasteiger partial charge in [-0.25, -0.2) is 4.79 Å². The van der Waals surface area contributed by atoms with Crippen LogP contribution in [0.2, 0.25) is 0 Å². The summed E-state index contributed by atoms with van der Waals surface area (Å²) in [4.78, 5) is 37.6. The van der Waals surface area contributed by atoms with Gasteiger partial charge in [-0.2, -0.15) is 0 Å². The molecule has 3 amide bonds. The van der Waals surface area contributed by atoms with Gasteiger partial charge in [0.15, 0.2) is 0 Å². The average Bonchev–Trinajstić information content (AvgIpc) is 2.53. The van der Waals surface area contributed by atoms with Crippen LogP contribution in [0.5, 0.6) is 0 Å². The van der Waals surface area contributed by atoms with E-state index in [4.69, 9.17) is 0 Å². The van der Waals surface area contributed by atoms with Crippen LogP contribution < -0.4 is 5.32 Å². The van der Waals surface area contributed by atoms with Gasteiger partial charge in [-0.3, -0.25) is 14.5 Å². The molecule has 0 atom stereocenters. The Morgan fingerprint density at radius 3 is 2.47 bits per heavy atom. The van der Waals surface area contributed by atoms with Gasteiger partial charge in [0.25, 0.3) is 5.91 Å². The maximum Gasteiger partial charge on any atom is 0.325 e. The molecule has 1 aliphatic rings. The number of urea groups is 1. The van der Waals surface area contributed by atoms with Crippen LogP contribution in [-0.4, -0.2) is 67.0 Å². The second-order valence-corrected chi connectivity index (χ2v) is 5.14. The number of imide groups is 1. The van der Waals surface area contributed by atoms with Gasteiger partial charge in [0.05, 0.1) is 13.5 Å². The molecule has 0 aromatic carbocycles. The number of hydrogen-bond donors (Lipinski definition) is 1. The Labute approximate surface area is 112 Å². The molecule has 0 bridgehead atoms. The van der Waals surface area contributed by atoms with Crippen LogP contribution in [0.25, 0.3) is 0 Å². The van der Waals surface area contributed by atoms with Gasteiger partial charge in [0.1, 0.15) is 5.54 Å². The third kappa shape index (κ3) is 3.92. The lowest BCUT2D eigenvalue weighted by Gasteiger charge is -2.20. The van der Waals surface area contributed by atoms with Gasteiger partial charge in [-0.15, -0.1) is 0 Å². The lowest BCUT2D eigenvalue weighted by molar-refractivity contribution is -0.141. The molecule has 0 unspecified atom stereocenters. The van der Waals surface area contributed by atoms with Crippen LogP contribution in [0.3, 0.4) is 0 Å². The van der Waals surface area contributed by atoms with Gasteiger partial charge in [-0.05, 0) is 20.9 Å². The maximum atomic E-state index is 11.9. The molecule has 0 aromatic rings. The molecule has 0 aromatic heterocycles. The Morgan fingerprint density at radius 2 is 2.00 bits per heavy atom. The summed E-state index contributed by atoms with van der Waals surface area (Å²) in [6.07, 6.45) is 0.290. The lowest BCUT2D eigenvalue weighted by atomic mass is 10.1. The van der Waals surface area contributed by atoms with Gasteiger partial charge < -0.3 is 15.0 Å². The molecule has 1 fully saturated rings. The first-order valence-electron chi connectivity index (χ1n) is 6.17. The minimum Gasteiger partial charge on any atom is -0.469 e. The van der Waals surface area contributed by atoms with Crippen molar-refractivity contribution in [2.45, 2.75) is 25.8 Å². The van der Waals surface area contributed by atoms with E-state index in [1.165, 1.54) is 12.0 Å². The van der Waals surface area contributed by atoms with E-state index in [2.05, 4.69) is 10.1 Å². The highest BCUT2D eigenvalue weighted by Crippen LogP contribution is 2.15. The van der Waals surface area contributed by atoms with E-state index in [0.717, 1.165) is 0 Å². The van der Waals surface area contributed by atoms with Crippen molar-refractivity contribution in [2.24, 2.45) is 0 Å². The summed E-state index contributed by atoms with van der Waals surface area (Å²) in [5.41, 5.74) is -0.832. The SMILES string of the molecule is COC(=O)CCN(C)CCN1C(=O)NC(C)(C)C1=O. The van der Waals surface area contributed by atoms with Crippen LogP contribution in [0, 0.1) is 0 Å². The van der Waals surface area contributed by atoms with E-state index in [-0.39, 0.29) is 17.9 Å². The maximum absolute atomic E-state index is 11.9. The summed E-state index contributed by atoms with van der Waals surface area (Å²) < 4.78 is 4.55. The average molecular weight is 271 g/mol. The van der Waals surface area contributed by atoms with Crippen molar-refractivity contribution in [2.75, 3.05) is 33.8 Å². The topological polar surface area (TPSA) is 79.0 Å². The first kappa shape index (κ1) is 15.4. The molecular formula is C12H21N3O4. The van der Waals surface area contributed by atoms with Crippen LogP contribution in [0.1, 0.15) is 20.3 Å². The molecule has 1 rings (SSSR count). The van der Waals surface area contributed by atoms with Crippen LogP contribution >= 0.6 is 0 Å². The lowest BCUT2D eigenvalue weighted by Crippen LogP contribution is -2.41. The molecule has 7 nitrogen and oxygen atoms in total. The van der Waals surface area contributed by atoms with Gasteiger partial charge in [-0.1, -0.05) is 0 Å². The molecule has 1 aliphatic heterocycles. The molecule has 1 N–H and O–H groups in total. The summed E-state index contributed by atoms with van der Waals surface area (Å²) >= 11 is 0. The van der Waals surface area contributed by atoms with Gasteiger partial charge in [0, 0.05) is 19.6 Å². The summed E-state index contributed by atoms with van der Waals surface area (Å²) in [5, 5.41) is 2.62. The molecule has 0 aliphatic carbocycles. The number of methoxy groups -OCH3 is 1. The van der Waals surface area contributed by atoms with Gasteiger partial charge in [0.2, 0.25) is 0 Å². The Balaban J connectivity index is 2.38. The van der Waals surface area contributed by atoms with Crippen LogP contribution in [0.4, 0.5) is 4.79 Å². The first-order chi connectivity index (χ1) is 8.77. The molecule has 108 valence electrons. The number of nitrogens with one attached hydrogen (secondary N) is 1. The first-order valence-corrected chi connectivity index (χ1v) is 6.17. The fraction of sp³-hybridized carbons (Fsp3) is 0.750. The monoisotopic (exact) mass is 271 g/mol. The smallest absolute Gasteiger partial charge is 0.325 e. The second kappa shape index (κ2) is 6.01. The fourth-order valence-corrected chi connectivity index (χ4v) is 1.79. The highest BCUT2D eigenvalue weighted by Gasteiger charge is 2.43. The predicted octanol–water partition coefficient (Wildman–Crippen LogP) is -0.188.